The Kier molecular flexibility index (Phi) is 8.01. The van der Waals surface area contributed by atoms with Crippen molar-refractivity contribution in [1.29, 1.82) is 0 Å². The molecule has 0 aliphatic heterocycles. The summed E-state index contributed by atoms with van der Waals surface area (Å²) in [4.78, 5) is 12.8. The van der Waals surface area contributed by atoms with Crippen LogP contribution >= 0.6 is 0 Å². The van der Waals surface area contributed by atoms with E-state index in [1.54, 1.807) is 12.2 Å². The van der Waals surface area contributed by atoms with Crippen LogP contribution in [-0.2, 0) is 4.79 Å². The molecule has 0 fully saturated rings. The third-order valence-electron chi connectivity index (χ3n) is 2.34. The Balaban J connectivity index is 4.61. The van der Waals surface area contributed by atoms with Crippen molar-refractivity contribution >= 4 is 5.91 Å². The fraction of sp³-hybridized carbons (Fsp3) is 0.462. The number of carbonyl (C=O) groups is 1. The van der Waals surface area contributed by atoms with Gasteiger partial charge in [-0.2, -0.15) is 0 Å². The fourth-order valence-corrected chi connectivity index (χ4v) is 1.37. The highest BCUT2D eigenvalue weighted by molar-refractivity contribution is 5.73. The molecule has 17 heavy (non-hydrogen) atoms. The number of hydrogen-bond donors (Lipinski definition) is 2. The van der Waals surface area contributed by atoms with Gasteiger partial charge in [-0.3, -0.25) is 4.79 Å². The van der Waals surface area contributed by atoms with Gasteiger partial charge in [0, 0.05) is 20.0 Å². The van der Waals surface area contributed by atoms with E-state index in [2.05, 4.69) is 6.58 Å². The first-order chi connectivity index (χ1) is 8.06. The lowest BCUT2D eigenvalue weighted by atomic mass is 10.1. The van der Waals surface area contributed by atoms with Crippen molar-refractivity contribution in [2.45, 2.75) is 20.0 Å². The lowest BCUT2D eigenvalue weighted by Crippen LogP contribution is -2.39. The summed E-state index contributed by atoms with van der Waals surface area (Å²) in [6.45, 7) is 8.06. The predicted octanol–water partition coefficient (Wildman–Crippen LogP) is 0.843. The second-order valence-corrected chi connectivity index (χ2v) is 3.67. The lowest BCUT2D eigenvalue weighted by Gasteiger charge is -2.24. The summed E-state index contributed by atoms with van der Waals surface area (Å²) in [6.07, 6.45) is 6.31. The fourth-order valence-electron chi connectivity index (χ4n) is 1.37. The standard InChI is InChI=1S/C13H22N2O2/c1-4-6-7-12(5-2)13(17)10-15(9-8-14)11(3)16/h4-7,13,17H,2,8-10,14H2,1,3H3/b6-4-,12-7+. The molecular formula is C13H22N2O2. The van der Waals surface area contributed by atoms with Crippen molar-refractivity contribution < 1.29 is 9.90 Å². The highest BCUT2D eigenvalue weighted by Gasteiger charge is 2.15. The van der Waals surface area contributed by atoms with Crippen molar-refractivity contribution in [2.75, 3.05) is 19.6 Å². The molecule has 0 aliphatic carbocycles. The van der Waals surface area contributed by atoms with Crippen molar-refractivity contribution in [2.24, 2.45) is 5.73 Å². The first-order valence-electron chi connectivity index (χ1n) is 5.65. The number of hydrogen-bond acceptors (Lipinski definition) is 3. The summed E-state index contributed by atoms with van der Waals surface area (Å²) in [7, 11) is 0. The molecule has 0 heterocycles. The Morgan fingerprint density at radius 3 is 2.65 bits per heavy atom. The second kappa shape index (κ2) is 8.73. The smallest absolute Gasteiger partial charge is 0.219 e. The van der Waals surface area contributed by atoms with Crippen molar-refractivity contribution in [3.05, 3.63) is 36.5 Å². The molecule has 1 atom stereocenters. The maximum atomic E-state index is 11.3. The van der Waals surface area contributed by atoms with Gasteiger partial charge < -0.3 is 15.7 Å². The zero-order valence-corrected chi connectivity index (χ0v) is 10.6. The van der Waals surface area contributed by atoms with Gasteiger partial charge in [0.15, 0.2) is 0 Å². The molecule has 0 aromatic heterocycles. The Morgan fingerprint density at radius 2 is 2.24 bits per heavy atom. The van der Waals surface area contributed by atoms with Gasteiger partial charge in [-0.25, -0.2) is 0 Å². The summed E-state index contributed by atoms with van der Waals surface area (Å²) < 4.78 is 0. The summed E-state index contributed by atoms with van der Waals surface area (Å²) in [5.41, 5.74) is 6.10. The first-order valence-corrected chi connectivity index (χ1v) is 5.65. The molecule has 1 unspecified atom stereocenters. The molecule has 0 aromatic carbocycles. The summed E-state index contributed by atoms with van der Waals surface area (Å²) >= 11 is 0. The molecule has 4 nitrogen and oxygen atoms in total. The second-order valence-electron chi connectivity index (χ2n) is 3.67. The molecule has 0 aliphatic rings. The van der Waals surface area contributed by atoms with Crippen LogP contribution in [0.3, 0.4) is 0 Å². The minimum absolute atomic E-state index is 0.0936. The molecule has 0 aromatic rings. The average Bonchev–Trinajstić information content (AvgIpc) is 2.29. The van der Waals surface area contributed by atoms with E-state index in [1.807, 2.05) is 19.1 Å². The number of rotatable bonds is 7. The minimum atomic E-state index is -0.737. The molecule has 0 saturated heterocycles. The molecule has 0 spiro atoms. The third-order valence-corrected chi connectivity index (χ3v) is 2.34. The molecule has 3 N–H and O–H groups in total. The van der Waals surface area contributed by atoms with Crippen molar-refractivity contribution in [1.82, 2.24) is 4.90 Å². The summed E-state index contributed by atoms with van der Waals surface area (Å²) in [5.74, 6) is -0.0936. The van der Waals surface area contributed by atoms with Gasteiger partial charge in [-0.15, -0.1) is 0 Å². The molecule has 0 bridgehead atoms. The Labute approximate surface area is 103 Å². The van der Waals surface area contributed by atoms with E-state index in [0.717, 1.165) is 0 Å². The van der Waals surface area contributed by atoms with Gasteiger partial charge in [0.1, 0.15) is 0 Å². The predicted molar refractivity (Wildman–Crippen MR) is 70.4 cm³/mol. The van der Waals surface area contributed by atoms with Gasteiger partial charge in [0.2, 0.25) is 5.91 Å². The first kappa shape index (κ1) is 15.6. The zero-order valence-electron chi connectivity index (χ0n) is 10.6. The lowest BCUT2D eigenvalue weighted by molar-refractivity contribution is -0.129. The Hall–Kier alpha value is -1.39. The summed E-state index contributed by atoms with van der Waals surface area (Å²) in [5, 5.41) is 9.97. The quantitative estimate of drug-likeness (QED) is 0.646. The maximum Gasteiger partial charge on any atom is 0.219 e. The summed E-state index contributed by atoms with van der Waals surface area (Å²) in [6, 6.07) is 0. The number of aliphatic hydroxyl groups is 1. The molecule has 1 amide bonds. The third kappa shape index (κ3) is 6.04. The highest BCUT2D eigenvalue weighted by atomic mass is 16.3. The zero-order chi connectivity index (χ0) is 13.3. The van der Waals surface area contributed by atoms with Gasteiger partial charge in [0.25, 0.3) is 0 Å². The Morgan fingerprint density at radius 1 is 1.59 bits per heavy atom. The van der Waals surface area contributed by atoms with Crippen LogP contribution in [0, 0.1) is 0 Å². The average molecular weight is 238 g/mol. The largest absolute Gasteiger partial charge is 0.387 e. The number of nitrogens with zero attached hydrogens (tertiary/aromatic N) is 1. The molecule has 4 heteroatoms. The molecule has 0 radical (unpaired) electrons. The van der Waals surface area contributed by atoms with Gasteiger partial charge in [-0.1, -0.05) is 30.9 Å². The molecule has 96 valence electrons. The van der Waals surface area contributed by atoms with Gasteiger partial charge in [0.05, 0.1) is 12.6 Å². The minimum Gasteiger partial charge on any atom is -0.387 e. The van der Waals surface area contributed by atoms with Crippen LogP contribution in [0.1, 0.15) is 13.8 Å². The van der Waals surface area contributed by atoms with Gasteiger partial charge >= 0.3 is 0 Å². The van der Waals surface area contributed by atoms with E-state index in [1.165, 1.54) is 11.8 Å². The number of aliphatic hydroxyl groups excluding tert-OH is 1. The maximum absolute atomic E-state index is 11.3. The van der Waals surface area contributed by atoms with E-state index in [-0.39, 0.29) is 12.5 Å². The van der Waals surface area contributed by atoms with Crippen LogP contribution in [0.25, 0.3) is 0 Å². The number of nitrogens with two attached hydrogens (primary N) is 1. The van der Waals surface area contributed by atoms with Crippen molar-refractivity contribution in [3.63, 3.8) is 0 Å². The molecule has 0 saturated carbocycles. The van der Waals surface area contributed by atoms with E-state index < -0.39 is 6.10 Å². The topological polar surface area (TPSA) is 66.6 Å². The van der Waals surface area contributed by atoms with Crippen molar-refractivity contribution in [3.8, 4) is 0 Å². The molecule has 0 rings (SSSR count). The number of amides is 1. The normalized spacial score (nSPS) is 13.8. The Bertz CT molecular complexity index is 309. The van der Waals surface area contributed by atoms with Crippen LogP contribution in [0.4, 0.5) is 0 Å². The molecular weight excluding hydrogens is 216 g/mol. The SMILES string of the molecule is C=C/C(=C\C=C/C)C(O)CN(CCN)C(C)=O. The highest BCUT2D eigenvalue weighted by Crippen LogP contribution is 2.06. The van der Waals surface area contributed by atoms with Crippen LogP contribution < -0.4 is 5.73 Å². The van der Waals surface area contributed by atoms with E-state index in [0.29, 0.717) is 18.7 Å². The van der Waals surface area contributed by atoms with E-state index in [9.17, 15) is 9.90 Å². The monoisotopic (exact) mass is 238 g/mol. The van der Waals surface area contributed by atoms with Crippen LogP contribution in [0.5, 0.6) is 0 Å². The van der Waals surface area contributed by atoms with Crippen LogP contribution in [0.15, 0.2) is 36.5 Å². The van der Waals surface area contributed by atoms with Crippen LogP contribution in [0.2, 0.25) is 0 Å². The van der Waals surface area contributed by atoms with E-state index >= 15 is 0 Å². The van der Waals surface area contributed by atoms with Gasteiger partial charge in [-0.05, 0) is 12.5 Å². The number of allylic oxidation sites excluding steroid dienone is 3. The number of carbonyl (C=O) groups excluding carboxylic acids is 1. The van der Waals surface area contributed by atoms with Crippen LogP contribution in [-0.4, -0.2) is 41.7 Å². The van der Waals surface area contributed by atoms with E-state index in [4.69, 9.17) is 5.73 Å².